The van der Waals surface area contributed by atoms with Gasteiger partial charge >= 0.3 is 0 Å². The van der Waals surface area contributed by atoms with Crippen LogP contribution in [-0.2, 0) is 4.79 Å². The summed E-state index contributed by atoms with van der Waals surface area (Å²) in [5.74, 6) is 4.71. The number of carbonyl (C=O) groups is 1. The smallest absolute Gasteiger partial charge is 0.222 e. The second kappa shape index (κ2) is 6.89. The normalized spacial score (nSPS) is 27.1. The fourth-order valence-corrected chi connectivity index (χ4v) is 4.20. The average molecular weight is 276 g/mol. The molecule has 2 rings (SSSR count). The van der Waals surface area contributed by atoms with Gasteiger partial charge in [-0.2, -0.15) is 11.8 Å². The first kappa shape index (κ1) is 13.5. The summed E-state index contributed by atoms with van der Waals surface area (Å²) >= 11 is 7.92. The Morgan fingerprint density at radius 1 is 1.24 bits per heavy atom. The molecule has 0 aromatic rings. The number of carbonyl (C=O) groups excluding carboxylic acids is 1. The largest absolute Gasteiger partial charge is 0.342 e. The monoisotopic (exact) mass is 275 g/mol. The molecule has 2 aliphatic heterocycles. The maximum atomic E-state index is 12.2. The molecule has 0 bridgehead atoms. The molecule has 98 valence electrons. The first-order valence-electron chi connectivity index (χ1n) is 6.71. The van der Waals surface area contributed by atoms with E-state index in [-0.39, 0.29) is 0 Å². The van der Waals surface area contributed by atoms with Crippen LogP contribution in [0.4, 0.5) is 0 Å². The lowest BCUT2D eigenvalue weighted by atomic mass is 9.95. The van der Waals surface area contributed by atoms with Crippen LogP contribution in [0.2, 0.25) is 0 Å². The lowest BCUT2D eigenvalue weighted by Crippen LogP contribution is -2.41. The molecule has 2 aliphatic rings. The third kappa shape index (κ3) is 4.06. The van der Waals surface area contributed by atoms with Crippen LogP contribution < -0.4 is 0 Å². The zero-order valence-electron chi connectivity index (χ0n) is 10.4. The Balaban J connectivity index is 1.78. The second-order valence-corrected chi connectivity index (χ2v) is 6.80. The highest BCUT2D eigenvalue weighted by atomic mass is 35.5. The molecule has 1 amide bonds. The van der Waals surface area contributed by atoms with Crippen LogP contribution in [0.3, 0.4) is 0 Å². The maximum Gasteiger partial charge on any atom is 0.222 e. The van der Waals surface area contributed by atoms with E-state index in [0.717, 1.165) is 25.9 Å². The summed E-state index contributed by atoms with van der Waals surface area (Å²) in [6, 6.07) is 0. The molecule has 2 nitrogen and oxygen atoms in total. The summed E-state index contributed by atoms with van der Waals surface area (Å²) in [6.07, 6.45) is 5.54. The third-order valence-electron chi connectivity index (χ3n) is 3.89. The molecule has 0 N–H and O–H groups in total. The van der Waals surface area contributed by atoms with E-state index < -0.39 is 0 Å². The number of hydrogen-bond acceptors (Lipinski definition) is 2. The minimum absolute atomic E-state index is 0.372. The predicted octanol–water partition coefficient (Wildman–Crippen LogP) is 3.00. The van der Waals surface area contributed by atoms with Gasteiger partial charge in [-0.05, 0) is 49.0 Å². The minimum Gasteiger partial charge on any atom is -0.342 e. The van der Waals surface area contributed by atoms with Gasteiger partial charge in [-0.15, -0.1) is 11.6 Å². The van der Waals surface area contributed by atoms with Gasteiger partial charge in [0.25, 0.3) is 0 Å². The summed E-state index contributed by atoms with van der Waals surface area (Å²) in [5, 5.41) is 0. The van der Waals surface area contributed by atoms with E-state index in [9.17, 15) is 4.79 Å². The number of rotatable bonds is 3. The molecule has 0 aliphatic carbocycles. The number of amides is 1. The van der Waals surface area contributed by atoms with Gasteiger partial charge in [0, 0.05) is 25.4 Å². The number of piperidine rings is 1. The molecule has 0 radical (unpaired) electrons. The van der Waals surface area contributed by atoms with Crippen LogP contribution >= 0.6 is 23.4 Å². The summed E-state index contributed by atoms with van der Waals surface area (Å²) in [4.78, 5) is 14.3. The van der Waals surface area contributed by atoms with Crippen molar-refractivity contribution in [1.82, 2.24) is 4.90 Å². The van der Waals surface area contributed by atoms with Gasteiger partial charge in [-0.3, -0.25) is 4.79 Å². The van der Waals surface area contributed by atoms with Crippen molar-refractivity contribution >= 4 is 29.3 Å². The van der Waals surface area contributed by atoms with Crippen molar-refractivity contribution < 1.29 is 4.79 Å². The van der Waals surface area contributed by atoms with Gasteiger partial charge in [0.05, 0.1) is 0 Å². The minimum atomic E-state index is 0.372. The van der Waals surface area contributed by atoms with E-state index in [4.69, 9.17) is 11.6 Å². The lowest BCUT2D eigenvalue weighted by Gasteiger charge is -2.33. The highest BCUT2D eigenvalue weighted by molar-refractivity contribution is 7.99. The summed E-state index contributed by atoms with van der Waals surface area (Å²) < 4.78 is 0. The topological polar surface area (TPSA) is 20.3 Å². The van der Waals surface area contributed by atoms with Crippen LogP contribution in [0.5, 0.6) is 0 Å². The molecular weight excluding hydrogens is 254 g/mol. The molecule has 17 heavy (non-hydrogen) atoms. The van der Waals surface area contributed by atoms with E-state index >= 15 is 0 Å². The van der Waals surface area contributed by atoms with E-state index in [1.807, 2.05) is 11.8 Å². The fourth-order valence-electron chi connectivity index (χ4n) is 2.74. The Morgan fingerprint density at radius 3 is 2.71 bits per heavy atom. The molecule has 1 atom stereocenters. The Hall–Kier alpha value is 0.110. The van der Waals surface area contributed by atoms with E-state index in [1.165, 1.54) is 30.8 Å². The van der Waals surface area contributed by atoms with Crippen molar-refractivity contribution in [2.24, 2.45) is 11.8 Å². The van der Waals surface area contributed by atoms with Gasteiger partial charge in [0.15, 0.2) is 0 Å². The first-order valence-corrected chi connectivity index (χ1v) is 8.40. The Kier molecular flexibility index (Phi) is 5.49. The fraction of sp³-hybridized carbons (Fsp3) is 0.923. The molecule has 0 spiro atoms. The van der Waals surface area contributed by atoms with E-state index in [2.05, 4.69) is 4.90 Å². The zero-order chi connectivity index (χ0) is 12.1. The molecule has 4 heteroatoms. The standard InChI is InChI=1S/C13H22ClNOS/c14-9-12-2-1-5-15(10-12)13(16)8-11-3-6-17-7-4-11/h11-12H,1-10H2. The Bertz CT molecular complexity index is 256. The third-order valence-corrected chi connectivity index (χ3v) is 5.38. The number of thioether (sulfide) groups is 1. The van der Waals surface area contributed by atoms with Crippen LogP contribution in [0, 0.1) is 11.8 Å². The average Bonchev–Trinajstić information content (AvgIpc) is 2.40. The maximum absolute atomic E-state index is 12.2. The van der Waals surface area contributed by atoms with Crippen LogP contribution in [-0.4, -0.2) is 41.3 Å². The highest BCUT2D eigenvalue weighted by Crippen LogP contribution is 2.27. The molecular formula is C13H22ClNOS. The van der Waals surface area contributed by atoms with Crippen molar-refractivity contribution in [1.29, 1.82) is 0 Å². The van der Waals surface area contributed by atoms with Crippen molar-refractivity contribution in [3.63, 3.8) is 0 Å². The predicted molar refractivity (Wildman–Crippen MR) is 74.7 cm³/mol. The first-order chi connectivity index (χ1) is 8.29. The SMILES string of the molecule is O=C(CC1CCSCC1)N1CCCC(CCl)C1. The Labute approximate surface area is 113 Å². The van der Waals surface area contributed by atoms with Gasteiger partial charge in [-0.1, -0.05) is 0 Å². The number of nitrogens with zero attached hydrogens (tertiary/aromatic N) is 1. The van der Waals surface area contributed by atoms with E-state index in [1.54, 1.807) is 0 Å². The van der Waals surface area contributed by atoms with Gasteiger partial charge in [0.1, 0.15) is 0 Å². The van der Waals surface area contributed by atoms with Crippen LogP contribution in [0.15, 0.2) is 0 Å². The highest BCUT2D eigenvalue weighted by Gasteiger charge is 2.25. The van der Waals surface area contributed by atoms with Crippen molar-refractivity contribution in [2.75, 3.05) is 30.5 Å². The molecule has 0 aromatic heterocycles. The number of hydrogen-bond donors (Lipinski definition) is 0. The van der Waals surface area contributed by atoms with Gasteiger partial charge in [0.2, 0.25) is 5.91 Å². The van der Waals surface area contributed by atoms with Crippen molar-refractivity contribution in [2.45, 2.75) is 32.1 Å². The molecule has 1 unspecified atom stereocenters. The van der Waals surface area contributed by atoms with Crippen molar-refractivity contribution in [3.05, 3.63) is 0 Å². The van der Waals surface area contributed by atoms with Gasteiger partial charge in [-0.25, -0.2) is 0 Å². The lowest BCUT2D eigenvalue weighted by molar-refractivity contribution is -0.133. The molecule has 0 aromatic carbocycles. The van der Waals surface area contributed by atoms with Crippen LogP contribution in [0.1, 0.15) is 32.1 Å². The number of halogens is 1. The quantitative estimate of drug-likeness (QED) is 0.738. The number of alkyl halides is 1. The Morgan fingerprint density at radius 2 is 2.00 bits per heavy atom. The molecule has 0 saturated carbocycles. The van der Waals surface area contributed by atoms with Crippen LogP contribution in [0.25, 0.3) is 0 Å². The molecule has 2 saturated heterocycles. The summed E-state index contributed by atoms with van der Waals surface area (Å²) in [6.45, 7) is 1.84. The zero-order valence-corrected chi connectivity index (χ0v) is 11.9. The number of likely N-dealkylation sites (tertiary alicyclic amines) is 1. The molecule has 2 heterocycles. The van der Waals surface area contributed by atoms with Crippen molar-refractivity contribution in [3.8, 4) is 0 Å². The second-order valence-electron chi connectivity index (χ2n) is 5.26. The summed E-state index contributed by atoms with van der Waals surface area (Å²) in [5.41, 5.74) is 0. The van der Waals surface area contributed by atoms with E-state index in [0.29, 0.717) is 23.6 Å². The molecule has 2 fully saturated rings. The van der Waals surface area contributed by atoms with Gasteiger partial charge < -0.3 is 4.90 Å². The summed E-state index contributed by atoms with van der Waals surface area (Å²) in [7, 11) is 0.